The van der Waals surface area contributed by atoms with Crippen LogP contribution in [0.5, 0.6) is 0 Å². The Morgan fingerprint density at radius 3 is 3.00 bits per heavy atom. The quantitative estimate of drug-likeness (QED) is 0.705. The van der Waals surface area contributed by atoms with E-state index in [2.05, 4.69) is 0 Å². The maximum atomic E-state index is 11.2. The van der Waals surface area contributed by atoms with E-state index in [1.54, 1.807) is 12.3 Å². The number of nitrogen functional groups attached to an aromatic ring is 1. The normalized spacial score (nSPS) is 9.33. The van der Waals surface area contributed by atoms with Crippen molar-refractivity contribution in [3.8, 4) is 6.07 Å². The van der Waals surface area contributed by atoms with Gasteiger partial charge in [0.15, 0.2) is 5.78 Å². The molecule has 0 saturated heterocycles. The highest BCUT2D eigenvalue weighted by atomic mass is 32.1. The van der Waals surface area contributed by atoms with Crippen molar-refractivity contribution in [2.45, 2.75) is 13.3 Å². The van der Waals surface area contributed by atoms with Gasteiger partial charge in [-0.1, -0.05) is 6.92 Å². The topological polar surface area (TPSA) is 66.9 Å². The molecule has 1 heterocycles. The molecule has 0 bridgehead atoms. The number of ketones is 1. The second-order valence-corrected chi connectivity index (χ2v) is 3.19. The zero-order chi connectivity index (χ0) is 9.14. The Balaban J connectivity index is 3.18. The van der Waals surface area contributed by atoms with E-state index in [4.69, 9.17) is 11.0 Å². The van der Waals surface area contributed by atoms with Crippen molar-refractivity contribution in [1.29, 1.82) is 5.26 Å². The molecule has 0 fully saturated rings. The van der Waals surface area contributed by atoms with Crippen LogP contribution in [-0.4, -0.2) is 5.78 Å². The number of hydrogen-bond donors (Lipinski definition) is 1. The molecule has 0 amide bonds. The molecule has 1 aromatic heterocycles. The highest BCUT2D eigenvalue weighted by molar-refractivity contribution is 7.14. The van der Waals surface area contributed by atoms with Crippen LogP contribution in [0.2, 0.25) is 0 Å². The van der Waals surface area contributed by atoms with E-state index in [9.17, 15) is 4.79 Å². The molecule has 0 spiro atoms. The van der Waals surface area contributed by atoms with Crippen LogP contribution in [0.4, 0.5) is 5.00 Å². The Bertz CT molecular complexity index is 348. The fourth-order valence-electron chi connectivity index (χ4n) is 0.884. The fraction of sp³-hybridized carbons (Fsp3) is 0.250. The number of nitrogens with zero attached hydrogens (tertiary/aromatic N) is 1. The average molecular weight is 180 g/mol. The zero-order valence-corrected chi connectivity index (χ0v) is 7.44. The molecule has 62 valence electrons. The summed E-state index contributed by atoms with van der Waals surface area (Å²) in [6.07, 6.45) is 0.408. The second kappa shape index (κ2) is 3.37. The standard InChI is InChI=1S/C8H8N2OS/c1-2-7(11)6-4-12-8(10)5(6)3-9/h4H,2,10H2,1H3. The number of nitriles is 1. The van der Waals surface area contributed by atoms with Gasteiger partial charge >= 0.3 is 0 Å². The SMILES string of the molecule is CCC(=O)c1csc(N)c1C#N. The lowest BCUT2D eigenvalue weighted by Crippen LogP contribution is -1.97. The van der Waals surface area contributed by atoms with Gasteiger partial charge in [-0.15, -0.1) is 11.3 Å². The molecular weight excluding hydrogens is 172 g/mol. The molecule has 0 atom stereocenters. The molecule has 0 aliphatic carbocycles. The first kappa shape index (κ1) is 8.75. The lowest BCUT2D eigenvalue weighted by Gasteiger charge is -1.92. The second-order valence-electron chi connectivity index (χ2n) is 2.28. The lowest BCUT2D eigenvalue weighted by atomic mass is 10.1. The van der Waals surface area contributed by atoms with Crippen LogP contribution in [-0.2, 0) is 0 Å². The van der Waals surface area contributed by atoms with E-state index in [0.717, 1.165) is 0 Å². The summed E-state index contributed by atoms with van der Waals surface area (Å²) in [7, 11) is 0. The Morgan fingerprint density at radius 2 is 2.50 bits per heavy atom. The molecule has 0 radical (unpaired) electrons. The number of nitrogens with two attached hydrogens (primary N) is 1. The monoisotopic (exact) mass is 180 g/mol. The van der Waals surface area contributed by atoms with Crippen LogP contribution in [0.1, 0.15) is 29.3 Å². The summed E-state index contributed by atoms with van der Waals surface area (Å²) in [6.45, 7) is 1.76. The van der Waals surface area contributed by atoms with Gasteiger partial charge in [0.05, 0.1) is 5.56 Å². The largest absolute Gasteiger partial charge is 0.389 e. The summed E-state index contributed by atoms with van der Waals surface area (Å²) >= 11 is 1.23. The summed E-state index contributed by atoms with van der Waals surface area (Å²) in [6, 6.07) is 1.92. The molecule has 0 saturated carbocycles. The summed E-state index contributed by atoms with van der Waals surface area (Å²) in [5, 5.41) is 10.7. The first-order valence-corrected chi connectivity index (χ1v) is 4.39. The summed E-state index contributed by atoms with van der Waals surface area (Å²) < 4.78 is 0. The van der Waals surface area contributed by atoms with E-state index in [1.165, 1.54) is 11.3 Å². The summed E-state index contributed by atoms with van der Waals surface area (Å²) in [5.41, 5.74) is 6.27. The molecule has 1 rings (SSSR count). The first-order valence-electron chi connectivity index (χ1n) is 3.51. The Morgan fingerprint density at radius 1 is 1.83 bits per heavy atom. The van der Waals surface area contributed by atoms with Gasteiger partial charge in [-0.3, -0.25) is 4.79 Å². The van der Waals surface area contributed by atoms with Crippen LogP contribution in [0.15, 0.2) is 5.38 Å². The van der Waals surface area contributed by atoms with Gasteiger partial charge in [0.1, 0.15) is 11.1 Å². The molecule has 0 unspecified atom stereocenters. The Kier molecular flexibility index (Phi) is 2.46. The summed E-state index contributed by atoms with van der Waals surface area (Å²) in [5.74, 6) is -0.0282. The first-order chi connectivity index (χ1) is 5.70. The molecule has 0 aliphatic heterocycles. The van der Waals surface area contributed by atoms with Crippen molar-refractivity contribution < 1.29 is 4.79 Å². The highest BCUT2D eigenvalue weighted by Crippen LogP contribution is 2.24. The minimum atomic E-state index is -0.0282. The number of anilines is 1. The predicted octanol–water partition coefficient (Wildman–Crippen LogP) is 1.79. The van der Waals surface area contributed by atoms with Crippen LogP contribution in [0, 0.1) is 11.3 Å². The minimum Gasteiger partial charge on any atom is -0.389 e. The average Bonchev–Trinajstić information content (AvgIpc) is 2.45. The van der Waals surface area contributed by atoms with Crippen LogP contribution >= 0.6 is 11.3 Å². The van der Waals surface area contributed by atoms with Gasteiger partial charge in [0.25, 0.3) is 0 Å². The molecule has 3 nitrogen and oxygen atoms in total. The van der Waals surface area contributed by atoms with Gasteiger partial charge in [-0.05, 0) is 0 Å². The van der Waals surface area contributed by atoms with E-state index < -0.39 is 0 Å². The van der Waals surface area contributed by atoms with Crippen molar-refractivity contribution in [2.75, 3.05) is 5.73 Å². The minimum absolute atomic E-state index is 0.0282. The number of carbonyl (C=O) groups is 1. The third-order valence-corrected chi connectivity index (χ3v) is 2.36. The molecule has 0 aromatic carbocycles. The zero-order valence-electron chi connectivity index (χ0n) is 6.63. The third-order valence-electron chi connectivity index (χ3n) is 1.55. The molecule has 1 aromatic rings. The molecule has 2 N–H and O–H groups in total. The van der Waals surface area contributed by atoms with Gasteiger partial charge in [-0.2, -0.15) is 5.26 Å². The number of Topliss-reactive ketones (excluding diaryl/α,β-unsaturated/α-hetero) is 1. The third kappa shape index (κ3) is 1.31. The molecule has 12 heavy (non-hydrogen) atoms. The molecule has 0 aliphatic rings. The van der Waals surface area contributed by atoms with Crippen molar-refractivity contribution in [2.24, 2.45) is 0 Å². The number of carbonyl (C=O) groups excluding carboxylic acids is 1. The number of thiophene rings is 1. The van der Waals surface area contributed by atoms with Crippen molar-refractivity contribution >= 4 is 22.1 Å². The maximum absolute atomic E-state index is 11.2. The molecular formula is C8H8N2OS. The van der Waals surface area contributed by atoms with E-state index >= 15 is 0 Å². The smallest absolute Gasteiger partial charge is 0.164 e. The predicted molar refractivity (Wildman–Crippen MR) is 48.1 cm³/mol. The fourth-order valence-corrected chi connectivity index (χ4v) is 1.65. The van der Waals surface area contributed by atoms with Gasteiger partial charge in [0.2, 0.25) is 0 Å². The van der Waals surface area contributed by atoms with Crippen molar-refractivity contribution in [3.05, 3.63) is 16.5 Å². The van der Waals surface area contributed by atoms with Crippen LogP contribution in [0.25, 0.3) is 0 Å². The van der Waals surface area contributed by atoms with Crippen molar-refractivity contribution in [1.82, 2.24) is 0 Å². The van der Waals surface area contributed by atoms with Crippen LogP contribution < -0.4 is 5.73 Å². The van der Waals surface area contributed by atoms with E-state index in [1.807, 2.05) is 6.07 Å². The van der Waals surface area contributed by atoms with E-state index in [0.29, 0.717) is 22.5 Å². The van der Waals surface area contributed by atoms with Crippen molar-refractivity contribution in [3.63, 3.8) is 0 Å². The van der Waals surface area contributed by atoms with E-state index in [-0.39, 0.29) is 5.78 Å². The van der Waals surface area contributed by atoms with Crippen LogP contribution in [0.3, 0.4) is 0 Å². The van der Waals surface area contributed by atoms with Gasteiger partial charge in [-0.25, -0.2) is 0 Å². The lowest BCUT2D eigenvalue weighted by molar-refractivity contribution is 0.0988. The summed E-state index contributed by atoms with van der Waals surface area (Å²) in [4.78, 5) is 11.2. The van der Waals surface area contributed by atoms with Gasteiger partial charge in [0, 0.05) is 17.4 Å². The highest BCUT2D eigenvalue weighted by Gasteiger charge is 2.13. The Hall–Kier alpha value is -1.34. The number of hydrogen-bond acceptors (Lipinski definition) is 4. The number of rotatable bonds is 2. The van der Waals surface area contributed by atoms with Gasteiger partial charge < -0.3 is 5.73 Å². The Labute approximate surface area is 74.4 Å². The maximum Gasteiger partial charge on any atom is 0.164 e. The molecule has 4 heteroatoms.